The standard InChI is InChI=1S/C17H12BrNO5/c1-24-17(23)13-7-11(21)6-12-14(18)8-19(16(22)15(12)13)9-2-4-10(20)5-3-9/h2-8,20-21H,1H3. The number of carbonyl (C=O) groups is 1. The van der Waals surface area contributed by atoms with Crippen LogP contribution in [0, 0.1) is 0 Å². The lowest BCUT2D eigenvalue weighted by atomic mass is 10.1. The second-order valence-electron chi connectivity index (χ2n) is 5.08. The number of esters is 1. The summed E-state index contributed by atoms with van der Waals surface area (Å²) < 4.78 is 6.57. The van der Waals surface area contributed by atoms with Gasteiger partial charge in [-0.25, -0.2) is 4.79 Å². The Morgan fingerprint density at radius 3 is 2.42 bits per heavy atom. The van der Waals surface area contributed by atoms with E-state index in [1.54, 1.807) is 12.1 Å². The second-order valence-corrected chi connectivity index (χ2v) is 5.93. The number of rotatable bonds is 2. The summed E-state index contributed by atoms with van der Waals surface area (Å²) in [6, 6.07) is 8.66. The van der Waals surface area contributed by atoms with Gasteiger partial charge in [-0.1, -0.05) is 0 Å². The van der Waals surface area contributed by atoms with Crippen LogP contribution in [0.5, 0.6) is 11.5 Å². The Balaban J connectivity index is 2.41. The summed E-state index contributed by atoms with van der Waals surface area (Å²) in [5.74, 6) is -0.791. The molecule has 0 aliphatic rings. The molecule has 0 fully saturated rings. The molecule has 1 aromatic heterocycles. The lowest BCUT2D eigenvalue weighted by Crippen LogP contribution is -2.20. The lowest BCUT2D eigenvalue weighted by Gasteiger charge is -2.12. The van der Waals surface area contributed by atoms with Crippen LogP contribution in [0.2, 0.25) is 0 Å². The summed E-state index contributed by atoms with van der Waals surface area (Å²) in [4.78, 5) is 24.9. The van der Waals surface area contributed by atoms with Crippen LogP contribution in [0.3, 0.4) is 0 Å². The van der Waals surface area contributed by atoms with Gasteiger partial charge in [0.2, 0.25) is 0 Å². The average molecular weight is 390 g/mol. The molecule has 0 aliphatic carbocycles. The third-order valence-electron chi connectivity index (χ3n) is 3.59. The number of methoxy groups -OCH3 is 1. The van der Waals surface area contributed by atoms with Crippen LogP contribution in [0.25, 0.3) is 16.5 Å². The molecule has 6 nitrogen and oxygen atoms in total. The van der Waals surface area contributed by atoms with Crippen molar-refractivity contribution < 1.29 is 19.7 Å². The number of pyridine rings is 1. The molecular formula is C17H12BrNO5. The van der Waals surface area contributed by atoms with Crippen molar-refractivity contribution >= 4 is 32.7 Å². The Hall–Kier alpha value is -2.80. The maximum Gasteiger partial charge on any atom is 0.338 e. The molecule has 0 aliphatic heterocycles. The first-order valence-corrected chi connectivity index (χ1v) is 7.67. The highest BCUT2D eigenvalue weighted by Crippen LogP contribution is 2.29. The van der Waals surface area contributed by atoms with Crippen molar-refractivity contribution in [1.82, 2.24) is 4.57 Å². The van der Waals surface area contributed by atoms with Crippen molar-refractivity contribution in [3.63, 3.8) is 0 Å². The van der Waals surface area contributed by atoms with Gasteiger partial charge in [-0.05, 0) is 52.3 Å². The molecule has 1 heterocycles. The third-order valence-corrected chi connectivity index (χ3v) is 4.22. The summed E-state index contributed by atoms with van der Waals surface area (Å²) in [7, 11) is 1.20. The molecule has 3 aromatic rings. The first-order chi connectivity index (χ1) is 11.4. The van der Waals surface area contributed by atoms with Crippen molar-refractivity contribution in [2.45, 2.75) is 0 Å². The maximum atomic E-state index is 12.9. The molecule has 3 rings (SSSR count). The zero-order valence-corrected chi connectivity index (χ0v) is 14.1. The minimum absolute atomic E-state index is 0.0219. The molecule has 0 atom stereocenters. The second kappa shape index (κ2) is 6.01. The Kier molecular flexibility index (Phi) is 4.02. The number of nitrogens with zero attached hydrogens (tertiary/aromatic N) is 1. The maximum absolute atomic E-state index is 12.9. The van der Waals surface area contributed by atoms with Crippen molar-refractivity contribution in [2.24, 2.45) is 0 Å². The van der Waals surface area contributed by atoms with Gasteiger partial charge in [0.1, 0.15) is 11.5 Å². The van der Waals surface area contributed by atoms with Gasteiger partial charge in [-0.15, -0.1) is 0 Å². The molecule has 24 heavy (non-hydrogen) atoms. The smallest absolute Gasteiger partial charge is 0.338 e. The van der Waals surface area contributed by atoms with E-state index in [2.05, 4.69) is 15.9 Å². The first kappa shape index (κ1) is 16.1. The van der Waals surface area contributed by atoms with Crippen molar-refractivity contribution in [1.29, 1.82) is 0 Å². The number of benzene rings is 2. The molecule has 0 saturated carbocycles. The Morgan fingerprint density at radius 1 is 1.12 bits per heavy atom. The van der Waals surface area contributed by atoms with E-state index in [0.717, 1.165) is 0 Å². The fourth-order valence-electron chi connectivity index (χ4n) is 2.48. The van der Waals surface area contributed by atoms with Crippen molar-refractivity contribution in [2.75, 3.05) is 7.11 Å². The summed E-state index contributed by atoms with van der Waals surface area (Å²) in [6.45, 7) is 0. The Bertz CT molecular complexity index is 1010. The van der Waals surface area contributed by atoms with Crippen LogP contribution >= 0.6 is 15.9 Å². The number of aromatic hydroxyl groups is 2. The molecule has 0 bridgehead atoms. The van der Waals surface area contributed by atoms with Crippen molar-refractivity contribution in [3.8, 4) is 17.2 Å². The number of halogens is 1. The van der Waals surface area contributed by atoms with Crippen LogP contribution in [0.1, 0.15) is 10.4 Å². The topological polar surface area (TPSA) is 88.8 Å². The third kappa shape index (κ3) is 2.63. The number of aromatic nitrogens is 1. The minimum atomic E-state index is -0.719. The molecule has 0 amide bonds. The van der Waals surface area contributed by atoms with E-state index in [0.29, 0.717) is 15.5 Å². The quantitative estimate of drug-likeness (QED) is 0.657. The van der Waals surface area contributed by atoms with Crippen LogP contribution in [0.4, 0.5) is 0 Å². The van der Waals surface area contributed by atoms with E-state index in [1.165, 1.54) is 42.1 Å². The zero-order chi connectivity index (χ0) is 17.4. The van der Waals surface area contributed by atoms with Gasteiger partial charge in [0, 0.05) is 21.7 Å². The number of carbonyl (C=O) groups excluding carboxylic acids is 1. The highest BCUT2D eigenvalue weighted by molar-refractivity contribution is 9.10. The van der Waals surface area contributed by atoms with Crippen LogP contribution in [-0.4, -0.2) is 27.9 Å². The van der Waals surface area contributed by atoms with E-state index in [9.17, 15) is 19.8 Å². The monoisotopic (exact) mass is 389 g/mol. The molecule has 2 aromatic carbocycles. The van der Waals surface area contributed by atoms with Crippen LogP contribution in [0.15, 0.2) is 51.9 Å². The Morgan fingerprint density at radius 2 is 1.79 bits per heavy atom. The molecule has 7 heteroatoms. The molecular weight excluding hydrogens is 378 g/mol. The van der Waals surface area contributed by atoms with E-state index in [4.69, 9.17) is 4.74 Å². The van der Waals surface area contributed by atoms with Crippen LogP contribution < -0.4 is 5.56 Å². The summed E-state index contributed by atoms with van der Waals surface area (Å²) in [6.07, 6.45) is 1.54. The highest BCUT2D eigenvalue weighted by Gasteiger charge is 2.19. The van der Waals surface area contributed by atoms with E-state index in [1.807, 2.05) is 0 Å². The number of fused-ring (bicyclic) bond motifs is 1. The largest absolute Gasteiger partial charge is 0.508 e. The summed E-state index contributed by atoms with van der Waals surface area (Å²) in [5.41, 5.74) is 0.0508. The summed E-state index contributed by atoms with van der Waals surface area (Å²) in [5, 5.41) is 19.7. The lowest BCUT2D eigenvalue weighted by molar-refractivity contribution is 0.0602. The normalized spacial score (nSPS) is 10.8. The predicted octanol–water partition coefficient (Wildman–Crippen LogP) is 2.95. The number of phenols is 2. The number of phenolic OH excluding ortho intramolecular Hbond substituents is 2. The van der Waals surface area contributed by atoms with Gasteiger partial charge in [-0.3, -0.25) is 9.36 Å². The first-order valence-electron chi connectivity index (χ1n) is 6.88. The van der Waals surface area contributed by atoms with E-state index >= 15 is 0 Å². The van der Waals surface area contributed by atoms with E-state index < -0.39 is 11.5 Å². The number of ether oxygens (including phenoxy) is 1. The fraction of sp³-hybridized carbons (Fsp3) is 0.0588. The SMILES string of the molecule is COC(=O)c1cc(O)cc2c(Br)cn(-c3ccc(O)cc3)c(=O)c12. The van der Waals surface area contributed by atoms with Gasteiger partial charge in [0.05, 0.1) is 18.1 Å². The average Bonchev–Trinajstić information content (AvgIpc) is 2.57. The van der Waals surface area contributed by atoms with Crippen molar-refractivity contribution in [3.05, 3.63) is 63.0 Å². The molecule has 122 valence electrons. The molecule has 2 N–H and O–H groups in total. The van der Waals surface area contributed by atoms with Crippen LogP contribution in [-0.2, 0) is 4.74 Å². The highest BCUT2D eigenvalue weighted by atomic mass is 79.9. The van der Waals surface area contributed by atoms with Gasteiger partial charge >= 0.3 is 5.97 Å². The van der Waals surface area contributed by atoms with Gasteiger partial charge in [0.15, 0.2) is 0 Å². The zero-order valence-electron chi connectivity index (χ0n) is 12.5. The number of hydrogen-bond donors (Lipinski definition) is 2. The molecule has 0 radical (unpaired) electrons. The minimum Gasteiger partial charge on any atom is -0.508 e. The van der Waals surface area contributed by atoms with Gasteiger partial charge in [0.25, 0.3) is 5.56 Å². The van der Waals surface area contributed by atoms with Gasteiger partial charge < -0.3 is 14.9 Å². The predicted molar refractivity (Wildman–Crippen MR) is 91.9 cm³/mol. The fourth-order valence-corrected chi connectivity index (χ4v) is 3.00. The molecule has 0 unspecified atom stereocenters. The summed E-state index contributed by atoms with van der Waals surface area (Å²) >= 11 is 3.36. The van der Waals surface area contributed by atoms with Gasteiger partial charge in [-0.2, -0.15) is 0 Å². The Labute approximate surface area is 144 Å². The number of hydrogen-bond acceptors (Lipinski definition) is 5. The molecule has 0 saturated heterocycles. The molecule has 0 spiro atoms. The van der Waals surface area contributed by atoms with E-state index in [-0.39, 0.29) is 22.4 Å².